The first kappa shape index (κ1) is 60.4. The number of carbonyl (C=O) groups is 3. The SMILES string of the molecule is CCCC/C=C\CCCCCCCC(=O)OCC(COC(=O)CCCCCCC/C=C\C=C/CCCCCCCCC)OC(=O)CCCCCCC/C=C\CCCCCCCCC. The van der Waals surface area contributed by atoms with Gasteiger partial charge in [-0.15, -0.1) is 0 Å². The molecular weight excluding hydrogens is 781 g/mol. The molecule has 1 atom stereocenters. The molecule has 0 aliphatic heterocycles. The lowest BCUT2D eigenvalue weighted by molar-refractivity contribution is -0.167. The second kappa shape index (κ2) is 52.0. The first-order chi connectivity index (χ1) is 31.0. The predicted molar refractivity (Wildman–Crippen MR) is 270 cm³/mol. The lowest BCUT2D eigenvalue weighted by Crippen LogP contribution is -2.30. The molecule has 0 aromatic carbocycles. The van der Waals surface area contributed by atoms with E-state index in [1.165, 1.54) is 141 Å². The number of esters is 3. The maximum absolute atomic E-state index is 12.8. The van der Waals surface area contributed by atoms with E-state index in [2.05, 4.69) is 69.4 Å². The van der Waals surface area contributed by atoms with Gasteiger partial charge in [-0.05, 0) is 89.9 Å². The molecule has 0 amide bonds. The number of unbranched alkanes of at least 4 members (excludes halogenated alkanes) is 31. The third-order valence-electron chi connectivity index (χ3n) is 11.8. The highest BCUT2D eigenvalue weighted by Gasteiger charge is 2.19. The van der Waals surface area contributed by atoms with Crippen molar-refractivity contribution in [3.8, 4) is 0 Å². The first-order valence-corrected chi connectivity index (χ1v) is 27.2. The van der Waals surface area contributed by atoms with Crippen LogP contribution in [0.4, 0.5) is 0 Å². The van der Waals surface area contributed by atoms with Crippen LogP contribution >= 0.6 is 0 Å². The van der Waals surface area contributed by atoms with Crippen LogP contribution in [0.5, 0.6) is 0 Å². The van der Waals surface area contributed by atoms with Crippen molar-refractivity contribution in [3.05, 3.63) is 48.6 Å². The second-order valence-electron chi connectivity index (χ2n) is 18.2. The van der Waals surface area contributed by atoms with Gasteiger partial charge < -0.3 is 14.2 Å². The van der Waals surface area contributed by atoms with Gasteiger partial charge in [0, 0.05) is 19.3 Å². The smallest absolute Gasteiger partial charge is 0.306 e. The van der Waals surface area contributed by atoms with Gasteiger partial charge in [-0.3, -0.25) is 14.4 Å². The van der Waals surface area contributed by atoms with Crippen molar-refractivity contribution in [1.82, 2.24) is 0 Å². The zero-order chi connectivity index (χ0) is 45.8. The molecule has 63 heavy (non-hydrogen) atoms. The molecule has 0 bridgehead atoms. The van der Waals surface area contributed by atoms with Gasteiger partial charge in [0.25, 0.3) is 0 Å². The molecule has 6 nitrogen and oxygen atoms in total. The minimum Gasteiger partial charge on any atom is -0.462 e. The van der Waals surface area contributed by atoms with Crippen LogP contribution in [-0.4, -0.2) is 37.2 Å². The Morgan fingerprint density at radius 2 is 0.587 bits per heavy atom. The molecule has 0 fully saturated rings. The lowest BCUT2D eigenvalue weighted by atomic mass is 10.1. The van der Waals surface area contributed by atoms with E-state index in [0.29, 0.717) is 19.3 Å². The summed E-state index contributed by atoms with van der Waals surface area (Å²) in [6, 6.07) is 0. The van der Waals surface area contributed by atoms with Gasteiger partial charge in [0.2, 0.25) is 0 Å². The maximum atomic E-state index is 12.8. The van der Waals surface area contributed by atoms with Gasteiger partial charge >= 0.3 is 17.9 Å². The van der Waals surface area contributed by atoms with Crippen molar-refractivity contribution in [2.45, 2.75) is 284 Å². The summed E-state index contributed by atoms with van der Waals surface area (Å²) in [5, 5.41) is 0. The summed E-state index contributed by atoms with van der Waals surface area (Å²) in [5.74, 6) is -0.910. The molecule has 0 aromatic rings. The highest BCUT2D eigenvalue weighted by molar-refractivity contribution is 5.71. The number of ether oxygens (including phenoxy) is 3. The zero-order valence-corrected chi connectivity index (χ0v) is 41.8. The third kappa shape index (κ3) is 50.2. The van der Waals surface area contributed by atoms with Crippen LogP contribution in [0.1, 0.15) is 278 Å². The Morgan fingerprint density at radius 3 is 0.937 bits per heavy atom. The van der Waals surface area contributed by atoms with Crippen LogP contribution in [0.25, 0.3) is 0 Å². The van der Waals surface area contributed by atoms with Crippen molar-refractivity contribution in [1.29, 1.82) is 0 Å². The Kier molecular flexibility index (Phi) is 49.8. The van der Waals surface area contributed by atoms with Crippen LogP contribution in [-0.2, 0) is 28.6 Å². The van der Waals surface area contributed by atoms with Gasteiger partial charge in [-0.25, -0.2) is 0 Å². The normalized spacial score (nSPS) is 12.4. The van der Waals surface area contributed by atoms with E-state index in [1.54, 1.807) is 0 Å². The average molecular weight is 883 g/mol. The van der Waals surface area contributed by atoms with Crippen LogP contribution < -0.4 is 0 Å². The second-order valence-corrected chi connectivity index (χ2v) is 18.2. The summed E-state index contributed by atoms with van der Waals surface area (Å²) in [7, 11) is 0. The van der Waals surface area contributed by atoms with Crippen LogP contribution in [0.2, 0.25) is 0 Å². The van der Waals surface area contributed by atoms with Crippen LogP contribution in [0.15, 0.2) is 48.6 Å². The monoisotopic (exact) mass is 883 g/mol. The van der Waals surface area contributed by atoms with Gasteiger partial charge in [0.1, 0.15) is 13.2 Å². The van der Waals surface area contributed by atoms with E-state index < -0.39 is 6.10 Å². The van der Waals surface area contributed by atoms with Crippen LogP contribution in [0, 0.1) is 0 Å². The van der Waals surface area contributed by atoms with E-state index >= 15 is 0 Å². The molecule has 0 saturated heterocycles. The molecule has 0 rings (SSSR count). The molecule has 0 aliphatic rings. The molecule has 0 radical (unpaired) electrons. The van der Waals surface area contributed by atoms with E-state index in [4.69, 9.17) is 14.2 Å². The predicted octanol–water partition coefficient (Wildman–Crippen LogP) is 17.9. The maximum Gasteiger partial charge on any atom is 0.306 e. The number of allylic oxidation sites excluding steroid dienone is 8. The van der Waals surface area contributed by atoms with E-state index in [0.717, 1.165) is 96.3 Å². The summed E-state index contributed by atoms with van der Waals surface area (Å²) in [5.41, 5.74) is 0. The van der Waals surface area contributed by atoms with E-state index in [1.807, 2.05) is 0 Å². The highest BCUT2D eigenvalue weighted by Crippen LogP contribution is 2.14. The minimum absolute atomic E-state index is 0.0852. The van der Waals surface area contributed by atoms with Crippen molar-refractivity contribution >= 4 is 17.9 Å². The molecule has 1 unspecified atom stereocenters. The highest BCUT2D eigenvalue weighted by atomic mass is 16.6. The first-order valence-electron chi connectivity index (χ1n) is 27.2. The Balaban J connectivity index is 4.38. The Morgan fingerprint density at radius 1 is 0.317 bits per heavy atom. The molecule has 0 spiro atoms. The molecule has 0 aromatic heterocycles. The zero-order valence-electron chi connectivity index (χ0n) is 41.8. The molecule has 0 N–H and O–H groups in total. The third-order valence-corrected chi connectivity index (χ3v) is 11.8. The number of carbonyl (C=O) groups excluding carboxylic acids is 3. The van der Waals surface area contributed by atoms with Crippen LogP contribution in [0.3, 0.4) is 0 Å². The molecule has 366 valence electrons. The fourth-order valence-electron chi connectivity index (χ4n) is 7.64. The van der Waals surface area contributed by atoms with Gasteiger partial charge in [-0.2, -0.15) is 0 Å². The minimum atomic E-state index is -0.785. The number of hydrogen-bond donors (Lipinski definition) is 0. The summed E-state index contributed by atoms with van der Waals surface area (Å²) in [6.45, 7) is 6.58. The van der Waals surface area contributed by atoms with Crippen molar-refractivity contribution in [2.24, 2.45) is 0 Å². The Hall–Kier alpha value is -2.63. The van der Waals surface area contributed by atoms with Crippen molar-refractivity contribution in [2.75, 3.05) is 13.2 Å². The fraction of sp³-hybridized carbons (Fsp3) is 0.807. The van der Waals surface area contributed by atoms with Gasteiger partial charge in [-0.1, -0.05) is 217 Å². The van der Waals surface area contributed by atoms with E-state index in [9.17, 15) is 14.4 Å². The largest absolute Gasteiger partial charge is 0.462 e. The van der Waals surface area contributed by atoms with Crippen molar-refractivity contribution < 1.29 is 28.6 Å². The molecule has 0 heterocycles. The topological polar surface area (TPSA) is 78.9 Å². The summed E-state index contributed by atoms with van der Waals surface area (Å²) >= 11 is 0. The number of hydrogen-bond acceptors (Lipinski definition) is 6. The lowest BCUT2D eigenvalue weighted by Gasteiger charge is -2.18. The standard InChI is InChI=1S/C57H102O6/c1-4-7-10-13-16-19-22-24-26-28-29-31-32-35-38-41-44-47-50-56(59)62-53-54(52-61-55(58)49-46-43-40-37-34-21-18-15-12-9-6-3)63-57(60)51-48-45-42-39-36-33-30-27-25-23-20-17-14-11-8-5-2/h15,18,26-31,54H,4-14,16-17,19-25,32-53H2,1-3H3/b18-15-,28-26-,30-27-,31-29-. The van der Waals surface area contributed by atoms with Crippen molar-refractivity contribution in [3.63, 3.8) is 0 Å². The summed E-state index contributed by atoms with van der Waals surface area (Å²) in [4.78, 5) is 38.0. The quantitative estimate of drug-likeness (QED) is 0.0199. The fourth-order valence-corrected chi connectivity index (χ4v) is 7.64. The molecule has 6 heteroatoms. The average Bonchev–Trinajstić information content (AvgIpc) is 3.28. The molecule has 0 aliphatic carbocycles. The number of rotatable bonds is 49. The van der Waals surface area contributed by atoms with Gasteiger partial charge in [0.05, 0.1) is 0 Å². The van der Waals surface area contributed by atoms with E-state index in [-0.39, 0.29) is 31.1 Å². The summed E-state index contributed by atoms with van der Waals surface area (Å²) < 4.78 is 16.8. The van der Waals surface area contributed by atoms with Gasteiger partial charge in [0.15, 0.2) is 6.10 Å². The summed E-state index contributed by atoms with van der Waals surface area (Å²) in [6.07, 6.45) is 62.4. The molecule has 0 saturated carbocycles. The Labute approximate surface area is 390 Å². The Bertz CT molecular complexity index is 1110. The molecular formula is C57H102O6.